The van der Waals surface area contributed by atoms with Crippen LogP contribution in [0.15, 0.2) is 48.2 Å². The smallest absolute Gasteiger partial charge is 0.282 e. The predicted molar refractivity (Wildman–Crippen MR) is 115 cm³/mol. The van der Waals surface area contributed by atoms with E-state index in [1.54, 1.807) is 12.1 Å². The van der Waals surface area contributed by atoms with Gasteiger partial charge in [0.2, 0.25) is 0 Å². The van der Waals surface area contributed by atoms with E-state index in [0.717, 1.165) is 4.90 Å². The number of imide groups is 1. The summed E-state index contributed by atoms with van der Waals surface area (Å²) in [6.07, 6.45) is -0.244. The van der Waals surface area contributed by atoms with E-state index in [4.69, 9.17) is 21.1 Å². The molecule has 8 heteroatoms. The quantitative estimate of drug-likeness (QED) is 0.670. The van der Waals surface area contributed by atoms with Gasteiger partial charge in [0.15, 0.2) is 0 Å². The number of hydrogen-bond donors (Lipinski definition) is 0. The summed E-state index contributed by atoms with van der Waals surface area (Å²) in [5, 5.41) is 0.363. The highest BCUT2D eigenvalue weighted by atomic mass is 35.5. The first-order valence-corrected chi connectivity index (χ1v) is 10.3. The molecule has 2 unspecified atom stereocenters. The fourth-order valence-electron chi connectivity index (χ4n) is 4.11. The molecular weight excluding hydrogens is 423 g/mol. The van der Waals surface area contributed by atoms with Crippen molar-refractivity contribution >= 4 is 34.7 Å². The molecule has 6 nitrogen and oxygen atoms in total. The molecule has 2 aliphatic rings. The zero-order valence-corrected chi connectivity index (χ0v) is 18.1. The molecule has 0 bridgehead atoms. The van der Waals surface area contributed by atoms with Gasteiger partial charge in [-0.1, -0.05) is 23.7 Å². The molecule has 2 aromatic carbocycles. The Morgan fingerprint density at radius 1 is 1.03 bits per heavy atom. The van der Waals surface area contributed by atoms with Crippen molar-refractivity contribution in [2.75, 3.05) is 25.1 Å². The Bertz CT molecular complexity index is 1060. The van der Waals surface area contributed by atoms with E-state index in [1.807, 2.05) is 18.7 Å². The van der Waals surface area contributed by atoms with Gasteiger partial charge in [-0.05, 0) is 49.7 Å². The molecule has 162 valence electrons. The molecule has 2 aromatic rings. The van der Waals surface area contributed by atoms with Crippen molar-refractivity contribution in [1.82, 2.24) is 4.90 Å². The van der Waals surface area contributed by atoms with Crippen LogP contribution in [0, 0.1) is 5.82 Å². The molecule has 2 amide bonds. The molecule has 2 heterocycles. The second kappa shape index (κ2) is 8.32. The fourth-order valence-corrected chi connectivity index (χ4v) is 4.27. The van der Waals surface area contributed by atoms with Crippen molar-refractivity contribution in [3.05, 3.63) is 64.6 Å². The minimum absolute atomic E-state index is 0.122. The number of morpholine rings is 1. The number of ether oxygens (including phenoxy) is 2. The monoisotopic (exact) mass is 444 g/mol. The van der Waals surface area contributed by atoms with Gasteiger partial charge in [-0.15, -0.1) is 0 Å². The van der Waals surface area contributed by atoms with E-state index in [2.05, 4.69) is 0 Å². The van der Waals surface area contributed by atoms with Gasteiger partial charge < -0.3 is 14.4 Å². The molecule has 0 aliphatic carbocycles. The van der Waals surface area contributed by atoms with E-state index in [-0.39, 0.29) is 29.2 Å². The third-order valence-corrected chi connectivity index (χ3v) is 5.55. The van der Waals surface area contributed by atoms with Crippen molar-refractivity contribution < 1.29 is 23.5 Å². The molecule has 1 fully saturated rings. The van der Waals surface area contributed by atoms with E-state index >= 15 is 0 Å². The van der Waals surface area contributed by atoms with Gasteiger partial charge in [0, 0.05) is 18.1 Å². The lowest BCUT2D eigenvalue weighted by molar-refractivity contribution is -0.121. The normalized spacial score (nSPS) is 21.8. The number of methoxy groups -OCH3 is 1. The van der Waals surface area contributed by atoms with E-state index in [1.165, 1.54) is 37.4 Å². The fraction of sp³-hybridized carbons (Fsp3) is 0.304. The summed E-state index contributed by atoms with van der Waals surface area (Å²) in [6.45, 7) is 4.73. The summed E-state index contributed by atoms with van der Waals surface area (Å²) in [6, 6.07) is 10.3. The molecule has 0 radical (unpaired) electrons. The van der Waals surface area contributed by atoms with Gasteiger partial charge in [-0.3, -0.25) is 9.59 Å². The Morgan fingerprint density at radius 2 is 1.68 bits per heavy atom. The van der Waals surface area contributed by atoms with Gasteiger partial charge in [0.05, 0.1) is 30.6 Å². The minimum atomic E-state index is -0.515. The van der Waals surface area contributed by atoms with Crippen LogP contribution < -0.4 is 9.64 Å². The number of carbonyl (C=O) groups excluding carboxylic acids is 2. The number of nitrogens with zero attached hydrogens (tertiary/aromatic N) is 2. The van der Waals surface area contributed by atoms with Crippen molar-refractivity contribution in [1.29, 1.82) is 0 Å². The zero-order valence-electron chi connectivity index (χ0n) is 17.4. The number of amides is 2. The van der Waals surface area contributed by atoms with Gasteiger partial charge in [0.1, 0.15) is 17.3 Å². The third-order valence-electron chi connectivity index (χ3n) is 5.31. The highest BCUT2D eigenvalue weighted by molar-refractivity contribution is 6.46. The number of rotatable bonds is 4. The SMILES string of the molecule is COc1ccc(Cl)cc1N1C(=O)C(c2ccc(F)cc2)=C(N2CC(C)OC(C)C2)C1=O. The summed E-state index contributed by atoms with van der Waals surface area (Å²) in [4.78, 5) is 30.2. The Hall–Kier alpha value is -2.90. The van der Waals surface area contributed by atoms with Crippen molar-refractivity contribution in [2.45, 2.75) is 26.1 Å². The van der Waals surface area contributed by atoms with Crippen molar-refractivity contribution in [3.63, 3.8) is 0 Å². The van der Waals surface area contributed by atoms with Crippen molar-refractivity contribution in [3.8, 4) is 5.75 Å². The van der Waals surface area contributed by atoms with Crippen LogP contribution in [0.1, 0.15) is 19.4 Å². The molecule has 0 aromatic heterocycles. The first-order chi connectivity index (χ1) is 14.8. The van der Waals surface area contributed by atoms with Crippen LogP contribution in [0.3, 0.4) is 0 Å². The summed E-state index contributed by atoms with van der Waals surface area (Å²) in [7, 11) is 1.46. The molecular formula is C23H22ClFN2O4. The van der Waals surface area contributed by atoms with Crippen molar-refractivity contribution in [2.24, 2.45) is 0 Å². The van der Waals surface area contributed by atoms with Gasteiger partial charge in [-0.2, -0.15) is 0 Å². The summed E-state index contributed by atoms with van der Waals surface area (Å²) in [5.41, 5.74) is 1.20. The Balaban J connectivity index is 1.87. The van der Waals surface area contributed by atoms with Gasteiger partial charge >= 0.3 is 0 Å². The molecule has 0 spiro atoms. The van der Waals surface area contributed by atoms with Crippen LogP contribution >= 0.6 is 11.6 Å². The Morgan fingerprint density at radius 3 is 2.29 bits per heavy atom. The van der Waals surface area contributed by atoms with E-state index in [9.17, 15) is 14.0 Å². The number of carbonyl (C=O) groups is 2. The first kappa shape index (κ1) is 21.3. The molecule has 2 atom stereocenters. The highest BCUT2D eigenvalue weighted by Gasteiger charge is 2.44. The van der Waals surface area contributed by atoms with Crippen LogP contribution in [0.25, 0.3) is 5.57 Å². The first-order valence-electron chi connectivity index (χ1n) is 9.93. The maximum Gasteiger partial charge on any atom is 0.282 e. The van der Waals surface area contributed by atoms with E-state index in [0.29, 0.717) is 29.4 Å². The number of anilines is 1. The maximum atomic E-state index is 13.7. The zero-order chi connectivity index (χ0) is 22.3. The largest absolute Gasteiger partial charge is 0.495 e. The maximum absolute atomic E-state index is 13.7. The molecule has 1 saturated heterocycles. The molecule has 31 heavy (non-hydrogen) atoms. The second-order valence-corrected chi connectivity index (χ2v) is 8.09. The lowest BCUT2D eigenvalue weighted by atomic mass is 10.0. The van der Waals surface area contributed by atoms with Crippen LogP contribution in [0.4, 0.5) is 10.1 Å². The average molecular weight is 445 g/mol. The van der Waals surface area contributed by atoms with Crippen LogP contribution in [0.2, 0.25) is 5.02 Å². The standard InChI is InChI=1S/C23H22ClFN2O4/c1-13-11-26(12-14(2)31-13)21-20(15-4-7-17(25)8-5-15)22(28)27(23(21)29)18-10-16(24)6-9-19(18)30-3/h4-10,13-14H,11-12H2,1-3H3. The number of hydrogen-bond acceptors (Lipinski definition) is 5. The topological polar surface area (TPSA) is 59.1 Å². The average Bonchev–Trinajstić information content (AvgIpc) is 2.98. The van der Waals surface area contributed by atoms with E-state index < -0.39 is 17.6 Å². The number of halogens is 2. The third kappa shape index (κ3) is 3.91. The summed E-state index contributed by atoms with van der Waals surface area (Å²) in [5.74, 6) is -1.08. The van der Waals surface area contributed by atoms with Crippen LogP contribution in [0.5, 0.6) is 5.75 Å². The summed E-state index contributed by atoms with van der Waals surface area (Å²) < 4.78 is 24.7. The van der Waals surface area contributed by atoms with Gasteiger partial charge in [-0.25, -0.2) is 9.29 Å². The highest BCUT2D eigenvalue weighted by Crippen LogP contribution is 2.40. The Labute approximate surface area is 184 Å². The second-order valence-electron chi connectivity index (χ2n) is 7.65. The molecule has 4 rings (SSSR count). The molecule has 2 aliphatic heterocycles. The molecule has 0 saturated carbocycles. The molecule has 0 N–H and O–H groups in total. The van der Waals surface area contributed by atoms with Crippen LogP contribution in [-0.2, 0) is 14.3 Å². The van der Waals surface area contributed by atoms with Crippen LogP contribution in [-0.4, -0.2) is 49.1 Å². The lowest BCUT2D eigenvalue weighted by Gasteiger charge is -2.37. The van der Waals surface area contributed by atoms with Gasteiger partial charge in [0.25, 0.3) is 11.8 Å². The Kier molecular flexibility index (Phi) is 5.73. The summed E-state index contributed by atoms with van der Waals surface area (Å²) >= 11 is 6.15. The lowest BCUT2D eigenvalue weighted by Crippen LogP contribution is -2.47. The number of benzene rings is 2. The minimum Gasteiger partial charge on any atom is -0.495 e. The predicted octanol–water partition coefficient (Wildman–Crippen LogP) is 3.88.